The Balaban J connectivity index is 1.62. The first-order valence-electron chi connectivity index (χ1n) is 10.5. The molecule has 1 amide bonds. The lowest BCUT2D eigenvalue weighted by molar-refractivity contribution is 0.0768. The van der Waals surface area contributed by atoms with Gasteiger partial charge in [-0.25, -0.2) is 19.4 Å². The second kappa shape index (κ2) is 7.45. The zero-order valence-corrected chi connectivity index (χ0v) is 18.5. The van der Waals surface area contributed by atoms with Crippen LogP contribution in [0.1, 0.15) is 28.4 Å². The van der Waals surface area contributed by atoms with Gasteiger partial charge in [-0.05, 0) is 36.6 Å². The molecule has 0 bridgehead atoms. The molecule has 2 N–H and O–H groups in total. The van der Waals surface area contributed by atoms with Crippen LogP contribution in [0.3, 0.4) is 0 Å². The number of carbonyl (C=O) groups is 1. The van der Waals surface area contributed by atoms with E-state index < -0.39 is 5.82 Å². The molecule has 0 spiro atoms. The molecule has 4 heterocycles. The first-order chi connectivity index (χ1) is 15.8. The van der Waals surface area contributed by atoms with E-state index in [1.54, 1.807) is 20.9 Å². The van der Waals surface area contributed by atoms with Crippen molar-refractivity contribution < 1.29 is 9.18 Å². The number of anilines is 2. The summed E-state index contributed by atoms with van der Waals surface area (Å²) in [4.78, 5) is 22.4. The summed E-state index contributed by atoms with van der Waals surface area (Å²) in [6.07, 6.45) is 8.45. The molecular formula is C24H22FN7O. The van der Waals surface area contributed by atoms with Crippen molar-refractivity contribution in [3.05, 3.63) is 53.1 Å². The Morgan fingerprint density at radius 3 is 2.76 bits per heavy atom. The van der Waals surface area contributed by atoms with Gasteiger partial charge in [0, 0.05) is 42.8 Å². The fourth-order valence-electron chi connectivity index (χ4n) is 4.42. The molecule has 166 valence electrons. The van der Waals surface area contributed by atoms with Crippen LogP contribution in [-0.4, -0.2) is 43.8 Å². The van der Waals surface area contributed by atoms with Gasteiger partial charge < -0.3 is 5.73 Å². The molecule has 8 nitrogen and oxygen atoms in total. The molecule has 1 aliphatic heterocycles. The highest BCUT2D eigenvalue weighted by molar-refractivity contribution is 6.10. The second-order valence-electron chi connectivity index (χ2n) is 8.46. The van der Waals surface area contributed by atoms with E-state index in [1.807, 2.05) is 33.0 Å². The summed E-state index contributed by atoms with van der Waals surface area (Å²) in [5.74, 6) is 2.17. The minimum absolute atomic E-state index is 0.0774. The van der Waals surface area contributed by atoms with Gasteiger partial charge in [0.15, 0.2) is 11.6 Å². The summed E-state index contributed by atoms with van der Waals surface area (Å²) in [5.41, 5.74) is 9.19. The first kappa shape index (κ1) is 20.7. The molecule has 1 saturated heterocycles. The van der Waals surface area contributed by atoms with Crippen LogP contribution in [-0.2, 0) is 7.05 Å². The summed E-state index contributed by atoms with van der Waals surface area (Å²) in [6.45, 7) is 4.76. The lowest BCUT2D eigenvalue weighted by atomic mass is 10.0. The molecule has 1 fully saturated rings. The maximum absolute atomic E-state index is 14.8. The van der Waals surface area contributed by atoms with Gasteiger partial charge in [-0.3, -0.25) is 14.5 Å². The monoisotopic (exact) mass is 443 g/mol. The molecule has 0 aliphatic carbocycles. The number of aromatic nitrogens is 4. The van der Waals surface area contributed by atoms with Crippen LogP contribution in [0.25, 0.3) is 21.8 Å². The van der Waals surface area contributed by atoms with E-state index in [9.17, 15) is 9.18 Å². The quantitative estimate of drug-likeness (QED) is 0.479. The highest BCUT2D eigenvalue weighted by Gasteiger charge is 2.35. The maximum Gasteiger partial charge on any atom is 0.272 e. The summed E-state index contributed by atoms with van der Waals surface area (Å²) in [7, 11) is 1.82. The molecule has 5 rings (SSSR count). The smallest absolute Gasteiger partial charge is 0.272 e. The van der Waals surface area contributed by atoms with Crippen molar-refractivity contribution in [2.75, 3.05) is 23.8 Å². The van der Waals surface area contributed by atoms with E-state index in [4.69, 9.17) is 12.2 Å². The fraction of sp³-hybridized carbons (Fsp3) is 0.250. The van der Waals surface area contributed by atoms with Crippen LogP contribution in [0.15, 0.2) is 30.6 Å². The Morgan fingerprint density at radius 2 is 2.03 bits per heavy atom. The largest absolute Gasteiger partial charge is 0.383 e. The van der Waals surface area contributed by atoms with Gasteiger partial charge in [-0.15, -0.1) is 6.42 Å². The Bertz CT molecular complexity index is 1490. The fourth-order valence-corrected chi connectivity index (χ4v) is 4.42. The van der Waals surface area contributed by atoms with Gasteiger partial charge in [0.2, 0.25) is 0 Å². The number of hydrogen-bond acceptors (Lipinski definition) is 6. The number of hydrogen-bond donors (Lipinski definition) is 1. The minimum atomic E-state index is -0.566. The summed E-state index contributed by atoms with van der Waals surface area (Å²) >= 11 is 0. The molecule has 1 aromatic carbocycles. The molecular weight excluding hydrogens is 421 g/mol. The van der Waals surface area contributed by atoms with Gasteiger partial charge in [0.25, 0.3) is 5.91 Å². The van der Waals surface area contributed by atoms with E-state index in [2.05, 4.69) is 21.0 Å². The van der Waals surface area contributed by atoms with E-state index >= 15 is 0 Å². The van der Waals surface area contributed by atoms with Gasteiger partial charge in [-0.1, -0.05) is 12.8 Å². The number of nitrogens with two attached hydrogens (primary N) is 1. The van der Waals surface area contributed by atoms with Gasteiger partial charge in [0.05, 0.1) is 22.6 Å². The first-order valence-corrected chi connectivity index (χ1v) is 10.5. The number of rotatable bonds is 2. The van der Waals surface area contributed by atoms with E-state index in [1.165, 1.54) is 12.3 Å². The number of nitrogen functional groups attached to an aromatic ring is 1. The molecule has 1 aliphatic rings. The zero-order valence-electron chi connectivity index (χ0n) is 18.5. The number of benzene rings is 1. The highest BCUT2D eigenvalue weighted by atomic mass is 19.1. The number of aryl methyl sites for hydroxylation is 2. The third kappa shape index (κ3) is 3.22. The molecule has 33 heavy (non-hydrogen) atoms. The lowest BCUT2D eigenvalue weighted by Crippen LogP contribution is -2.42. The topological polar surface area (TPSA) is 93.2 Å². The Hall–Kier alpha value is -4.19. The second-order valence-corrected chi connectivity index (χ2v) is 8.46. The summed E-state index contributed by atoms with van der Waals surface area (Å²) in [5, 5.41) is 8.93. The molecule has 0 saturated carbocycles. The average molecular weight is 443 g/mol. The van der Waals surface area contributed by atoms with Crippen LogP contribution < -0.4 is 10.7 Å². The number of carbonyl (C=O) groups excluding carboxylic acids is 1. The molecule has 4 aromatic rings. The van der Waals surface area contributed by atoms with Crippen LogP contribution in [0.4, 0.5) is 16.0 Å². The molecule has 1 unspecified atom stereocenters. The van der Waals surface area contributed by atoms with Gasteiger partial charge in [0.1, 0.15) is 5.82 Å². The number of fused-ring (bicyclic) bond motifs is 3. The third-order valence-corrected chi connectivity index (χ3v) is 6.01. The average Bonchev–Trinajstić information content (AvgIpc) is 3.36. The third-order valence-electron chi connectivity index (χ3n) is 6.01. The SMILES string of the molecule is C#Cc1cnc(N2CC(C)CN2C(=O)c2cc3c(cc2C)nc(N)c2cnn(C)c23)c(F)c1. The number of hydrazine groups is 1. The Kier molecular flexibility index (Phi) is 4.67. The number of amides is 1. The van der Waals surface area contributed by atoms with Crippen molar-refractivity contribution in [3.63, 3.8) is 0 Å². The Morgan fingerprint density at radius 1 is 1.24 bits per heavy atom. The molecule has 9 heteroatoms. The van der Waals surface area contributed by atoms with Crippen LogP contribution in [0.2, 0.25) is 0 Å². The van der Waals surface area contributed by atoms with Crippen LogP contribution in [0.5, 0.6) is 0 Å². The van der Waals surface area contributed by atoms with Crippen molar-refractivity contribution >= 4 is 39.3 Å². The molecule has 3 aromatic heterocycles. The number of halogens is 1. The normalized spacial score (nSPS) is 16.0. The van der Waals surface area contributed by atoms with E-state index in [0.717, 1.165) is 21.9 Å². The standard InChI is InChI=1S/C24H22FN7O/c1-5-15-7-19(25)23(27-9-15)31-11-13(2)12-32(31)24(33)16-8-17-20(6-14(16)3)29-22(26)18-10-28-30(4)21(17)18/h1,6-10,13H,11-12H2,2-4H3,(H2,26,29). The van der Waals surface area contributed by atoms with Gasteiger partial charge >= 0.3 is 0 Å². The maximum atomic E-state index is 14.8. The lowest BCUT2D eigenvalue weighted by Gasteiger charge is -2.29. The Labute approximate surface area is 189 Å². The van der Waals surface area contributed by atoms with Crippen LogP contribution in [0, 0.1) is 31.0 Å². The van der Waals surface area contributed by atoms with Crippen molar-refractivity contribution in [1.82, 2.24) is 24.8 Å². The molecule has 0 radical (unpaired) electrons. The van der Waals surface area contributed by atoms with Crippen molar-refractivity contribution in [3.8, 4) is 12.3 Å². The number of pyridine rings is 2. The van der Waals surface area contributed by atoms with Gasteiger partial charge in [-0.2, -0.15) is 5.10 Å². The van der Waals surface area contributed by atoms with Crippen molar-refractivity contribution in [2.45, 2.75) is 13.8 Å². The predicted octanol–water partition coefficient (Wildman–Crippen LogP) is 3.04. The minimum Gasteiger partial charge on any atom is -0.383 e. The number of nitrogens with zero attached hydrogens (tertiary/aromatic N) is 6. The predicted molar refractivity (Wildman–Crippen MR) is 125 cm³/mol. The summed E-state index contributed by atoms with van der Waals surface area (Å²) in [6, 6.07) is 4.91. The van der Waals surface area contributed by atoms with Crippen LogP contribution >= 0.6 is 0 Å². The summed E-state index contributed by atoms with van der Waals surface area (Å²) < 4.78 is 16.5. The van der Waals surface area contributed by atoms with E-state index in [-0.39, 0.29) is 17.6 Å². The van der Waals surface area contributed by atoms with Crippen molar-refractivity contribution in [1.29, 1.82) is 0 Å². The van der Waals surface area contributed by atoms with Crippen molar-refractivity contribution in [2.24, 2.45) is 13.0 Å². The number of terminal acetylenes is 1. The van der Waals surface area contributed by atoms with E-state index in [0.29, 0.717) is 35.6 Å². The molecule has 1 atom stereocenters. The highest BCUT2D eigenvalue weighted by Crippen LogP contribution is 2.32. The zero-order chi connectivity index (χ0) is 23.4.